The van der Waals surface area contributed by atoms with E-state index >= 15 is 0 Å². The van der Waals surface area contributed by atoms with Crippen molar-refractivity contribution in [3.05, 3.63) is 50.9 Å². The van der Waals surface area contributed by atoms with Crippen LogP contribution < -0.4 is 16.4 Å². The van der Waals surface area contributed by atoms with Gasteiger partial charge in [0.25, 0.3) is 5.56 Å². The molecule has 1 aromatic carbocycles. The van der Waals surface area contributed by atoms with Crippen LogP contribution in [0.2, 0.25) is 10.0 Å². The largest absolute Gasteiger partial charge is 0.351 e. The summed E-state index contributed by atoms with van der Waals surface area (Å²) in [6, 6.07) is 7.18. The molecule has 2 aromatic heterocycles. The van der Waals surface area contributed by atoms with Gasteiger partial charge in [0.15, 0.2) is 0 Å². The van der Waals surface area contributed by atoms with Crippen LogP contribution in [0, 0.1) is 0 Å². The molecule has 32 heavy (non-hydrogen) atoms. The monoisotopic (exact) mass is 475 g/mol. The molecular formula is C22H23Cl2N5O3. The Morgan fingerprint density at radius 3 is 2.69 bits per heavy atom. The number of halogens is 2. The lowest BCUT2D eigenvalue weighted by molar-refractivity contribution is -0.129. The Balaban J connectivity index is 1.69. The molecule has 0 bridgehead atoms. The SMILES string of the molecule is O=C(CCCCCn1c(=O)c(-c2ccc(Cl)cc2Cl)cc2cnc(NC3CC3)nc21)NO. The second kappa shape index (κ2) is 9.85. The van der Waals surface area contributed by atoms with Gasteiger partial charge >= 0.3 is 0 Å². The number of unbranched alkanes of at least 4 members (excludes halogenated alkanes) is 2. The Morgan fingerprint density at radius 1 is 1.16 bits per heavy atom. The summed E-state index contributed by atoms with van der Waals surface area (Å²) in [6.07, 6.45) is 6.09. The summed E-state index contributed by atoms with van der Waals surface area (Å²) < 4.78 is 1.64. The van der Waals surface area contributed by atoms with Crippen molar-refractivity contribution < 1.29 is 10.0 Å². The lowest BCUT2D eigenvalue weighted by atomic mass is 10.1. The number of amides is 1. The van der Waals surface area contributed by atoms with Crippen LogP contribution in [0.15, 0.2) is 35.3 Å². The summed E-state index contributed by atoms with van der Waals surface area (Å²) in [5, 5.41) is 13.5. The van der Waals surface area contributed by atoms with Crippen LogP contribution in [-0.2, 0) is 11.3 Å². The quantitative estimate of drug-likeness (QED) is 0.240. The molecular weight excluding hydrogens is 453 g/mol. The van der Waals surface area contributed by atoms with E-state index in [2.05, 4.69) is 15.3 Å². The first-order chi connectivity index (χ1) is 15.5. The second-order valence-corrected chi connectivity index (χ2v) is 8.72. The van der Waals surface area contributed by atoms with Gasteiger partial charge in [0, 0.05) is 46.7 Å². The molecule has 2 heterocycles. The van der Waals surface area contributed by atoms with Gasteiger partial charge < -0.3 is 5.32 Å². The van der Waals surface area contributed by atoms with Crippen LogP contribution in [0.5, 0.6) is 0 Å². The third kappa shape index (κ3) is 5.20. The van der Waals surface area contributed by atoms with Gasteiger partial charge in [-0.15, -0.1) is 0 Å². The van der Waals surface area contributed by atoms with E-state index in [0.717, 1.165) is 18.2 Å². The summed E-state index contributed by atoms with van der Waals surface area (Å²) in [4.78, 5) is 33.7. The molecule has 0 aliphatic heterocycles. The smallest absolute Gasteiger partial charge is 0.260 e. The summed E-state index contributed by atoms with van der Waals surface area (Å²) in [5.41, 5.74) is 3.02. The number of nitrogens with one attached hydrogen (secondary N) is 2. The van der Waals surface area contributed by atoms with Crippen LogP contribution in [0.4, 0.5) is 5.95 Å². The zero-order valence-electron chi connectivity index (χ0n) is 17.3. The van der Waals surface area contributed by atoms with Crippen molar-refractivity contribution in [1.29, 1.82) is 0 Å². The highest BCUT2D eigenvalue weighted by Gasteiger charge is 2.22. The van der Waals surface area contributed by atoms with Gasteiger partial charge in [-0.3, -0.25) is 19.4 Å². The first-order valence-electron chi connectivity index (χ1n) is 10.5. The number of carbonyl (C=O) groups excluding carboxylic acids is 1. The van der Waals surface area contributed by atoms with E-state index in [1.807, 2.05) is 0 Å². The van der Waals surface area contributed by atoms with Gasteiger partial charge in [-0.05, 0) is 43.9 Å². The molecule has 0 saturated heterocycles. The van der Waals surface area contributed by atoms with E-state index in [4.69, 9.17) is 28.4 Å². The molecule has 0 unspecified atom stereocenters. The predicted octanol–water partition coefficient (Wildman–Crippen LogP) is 4.41. The number of pyridine rings is 1. The van der Waals surface area contributed by atoms with E-state index < -0.39 is 5.91 Å². The number of hydrogen-bond acceptors (Lipinski definition) is 6. The molecule has 1 aliphatic carbocycles. The van der Waals surface area contributed by atoms with Crippen LogP contribution in [0.1, 0.15) is 38.5 Å². The summed E-state index contributed by atoms with van der Waals surface area (Å²) in [5.74, 6) is 0.0839. The zero-order chi connectivity index (χ0) is 22.7. The Labute approximate surface area is 194 Å². The highest BCUT2D eigenvalue weighted by Crippen LogP contribution is 2.30. The summed E-state index contributed by atoms with van der Waals surface area (Å²) >= 11 is 12.4. The van der Waals surface area contributed by atoms with Crippen molar-refractivity contribution in [2.75, 3.05) is 5.32 Å². The second-order valence-electron chi connectivity index (χ2n) is 7.88. The van der Waals surface area contributed by atoms with E-state index in [-0.39, 0.29) is 12.0 Å². The van der Waals surface area contributed by atoms with E-state index in [1.54, 1.807) is 40.5 Å². The zero-order valence-corrected chi connectivity index (χ0v) is 18.8. The maximum absolute atomic E-state index is 13.5. The minimum atomic E-state index is -0.421. The van der Waals surface area contributed by atoms with Crippen molar-refractivity contribution in [2.45, 2.75) is 51.1 Å². The third-order valence-corrected chi connectivity index (χ3v) is 5.92. The summed E-state index contributed by atoms with van der Waals surface area (Å²) in [7, 11) is 0. The average Bonchev–Trinajstić information content (AvgIpc) is 3.59. The number of aromatic nitrogens is 3. The first kappa shape index (κ1) is 22.5. The maximum Gasteiger partial charge on any atom is 0.260 e. The van der Waals surface area contributed by atoms with Crippen molar-refractivity contribution >= 4 is 46.1 Å². The maximum atomic E-state index is 13.5. The fourth-order valence-electron chi connectivity index (χ4n) is 3.54. The number of fused-ring (bicyclic) bond motifs is 1. The minimum Gasteiger partial charge on any atom is -0.351 e. The lowest BCUT2D eigenvalue weighted by Gasteiger charge is -2.14. The number of aryl methyl sites for hydroxylation is 1. The molecule has 8 nitrogen and oxygen atoms in total. The Hall–Kier alpha value is -2.68. The molecule has 0 radical (unpaired) electrons. The molecule has 168 valence electrons. The molecule has 3 N–H and O–H groups in total. The number of hydroxylamine groups is 1. The van der Waals surface area contributed by atoms with Gasteiger partial charge in [-0.25, -0.2) is 10.5 Å². The molecule has 3 aromatic rings. The van der Waals surface area contributed by atoms with E-state index in [0.29, 0.717) is 64.6 Å². The molecule has 4 rings (SSSR count). The molecule has 0 spiro atoms. The average molecular weight is 476 g/mol. The molecule has 1 saturated carbocycles. The van der Waals surface area contributed by atoms with E-state index in [1.165, 1.54) is 0 Å². The third-order valence-electron chi connectivity index (χ3n) is 5.37. The lowest BCUT2D eigenvalue weighted by Crippen LogP contribution is -2.24. The van der Waals surface area contributed by atoms with Crippen molar-refractivity contribution in [3.8, 4) is 11.1 Å². The number of anilines is 1. The fourth-order valence-corrected chi connectivity index (χ4v) is 4.05. The molecule has 1 aliphatic rings. The fraction of sp³-hybridized carbons (Fsp3) is 0.364. The number of nitrogens with zero attached hydrogens (tertiary/aromatic N) is 3. The number of carbonyl (C=O) groups is 1. The standard InChI is InChI=1S/C22H23Cl2N5O3/c23-14-5-8-16(18(24)11-14)17-10-13-12-25-22(26-15-6-7-15)27-20(13)29(21(17)31)9-3-1-2-4-19(30)28-32/h5,8,10-12,15,32H,1-4,6-7,9H2,(H,28,30)(H,25,26,27). The Bertz CT molecular complexity index is 1210. The van der Waals surface area contributed by atoms with Crippen LogP contribution in [-0.4, -0.2) is 31.7 Å². The minimum absolute atomic E-state index is 0.203. The number of rotatable bonds is 9. The summed E-state index contributed by atoms with van der Waals surface area (Å²) in [6.45, 7) is 0.426. The van der Waals surface area contributed by atoms with Gasteiger partial charge in [0.05, 0.1) is 5.02 Å². The molecule has 10 heteroatoms. The molecule has 0 atom stereocenters. The van der Waals surface area contributed by atoms with Gasteiger partial charge in [0.2, 0.25) is 11.9 Å². The number of benzene rings is 1. The van der Waals surface area contributed by atoms with Gasteiger partial charge in [-0.1, -0.05) is 35.7 Å². The van der Waals surface area contributed by atoms with Crippen molar-refractivity contribution in [1.82, 2.24) is 20.0 Å². The van der Waals surface area contributed by atoms with Gasteiger partial charge in [-0.2, -0.15) is 4.98 Å². The van der Waals surface area contributed by atoms with E-state index in [9.17, 15) is 9.59 Å². The highest BCUT2D eigenvalue weighted by atomic mass is 35.5. The molecule has 1 amide bonds. The van der Waals surface area contributed by atoms with Crippen LogP contribution in [0.25, 0.3) is 22.2 Å². The van der Waals surface area contributed by atoms with Crippen molar-refractivity contribution in [2.24, 2.45) is 0 Å². The Morgan fingerprint density at radius 2 is 1.97 bits per heavy atom. The topological polar surface area (TPSA) is 109 Å². The molecule has 1 fully saturated rings. The van der Waals surface area contributed by atoms with Crippen molar-refractivity contribution in [3.63, 3.8) is 0 Å². The first-order valence-corrected chi connectivity index (χ1v) is 11.3. The Kier molecular flexibility index (Phi) is 6.93. The predicted molar refractivity (Wildman–Crippen MR) is 124 cm³/mol. The van der Waals surface area contributed by atoms with Gasteiger partial charge in [0.1, 0.15) is 5.65 Å². The highest BCUT2D eigenvalue weighted by molar-refractivity contribution is 6.36. The normalized spacial score (nSPS) is 13.3. The van der Waals surface area contributed by atoms with Crippen LogP contribution >= 0.6 is 23.2 Å². The number of hydrogen-bond donors (Lipinski definition) is 3. The van der Waals surface area contributed by atoms with Crippen LogP contribution in [0.3, 0.4) is 0 Å².